The minimum absolute atomic E-state index is 0.0936. The van der Waals surface area contributed by atoms with Gasteiger partial charge in [-0.3, -0.25) is 0 Å². The standard InChI is InChI=1S/C15H23FN2O2/c1-11(12-5-7-13(16)8-6-12)17-9-10-18-14(19)20-15(2,3)4/h5-8,11,17H,9-10H2,1-4H3,(H,18,19)/t11-/m0/s1. The van der Waals surface area contributed by atoms with Crippen molar-refractivity contribution in [3.63, 3.8) is 0 Å². The smallest absolute Gasteiger partial charge is 0.407 e. The Morgan fingerprint density at radius 1 is 1.25 bits per heavy atom. The quantitative estimate of drug-likeness (QED) is 0.816. The first-order valence-corrected chi connectivity index (χ1v) is 6.73. The van der Waals surface area contributed by atoms with E-state index in [4.69, 9.17) is 4.74 Å². The summed E-state index contributed by atoms with van der Waals surface area (Å²) in [7, 11) is 0. The zero-order chi connectivity index (χ0) is 15.2. The van der Waals surface area contributed by atoms with Gasteiger partial charge in [0, 0.05) is 19.1 Å². The van der Waals surface area contributed by atoms with E-state index in [-0.39, 0.29) is 11.9 Å². The number of alkyl carbamates (subject to hydrolysis) is 1. The van der Waals surface area contributed by atoms with Crippen molar-refractivity contribution in [1.82, 2.24) is 10.6 Å². The number of halogens is 1. The molecule has 0 bridgehead atoms. The lowest BCUT2D eigenvalue weighted by atomic mass is 10.1. The van der Waals surface area contributed by atoms with Crippen molar-refractivity contribution < 1.29 is 13.9 Å². The number of hydrogen-bond acceptors (Lipinski definition) is 3. The molecule has 20 heavy (non-hydrogen) atoms. The molecule has 0 aromatic heterocycles. The normalized spacial score (nSPS) is 12.8. The maximum absolute atomic E-state index is 12.8. The number of benzene rings is 1. The molecule has 0 radical (unpaired) electrons. The van der Waals surface area contributed by atoms with Crippen molar-refractivity contribution in [3.05, 3.63) is 35.6 Å². The van der Waals surface area contributed by atoms with Gasteiger partial charge in [0.25, 0.3) is 0 Å². The average Bonchev–Trinajstić information content (AvgIpc) is 2.33. The van der Waals surface area contributed by atoms with Crippen molar-refractivity contribution in [3.8, 4) is 0 Å². The van der Waals surface area contributed by atoms with Gasteiger partial charge in [-0.2, -0.15) is 0 Å². The van der Waals surface area contributed by atoms with E-state index in [9.17, 15) is 9.18 Å². The molecule has 0 spiro atoms. The maximum Gasteiger partial charge on any atom is 0.407 e. The van der Waals surface area contributed by atoms with Crippen LogP contribution in [0.3, 0.4) is 0 Å². The third-order valence-corrected chi connectivity index (χ3v) is 2.61. The molecule has 1 atom stereocenters. The molecule has 0 aliphatic rings. The van der Waals surface area contributed by atoms with Gasteiger partial charge in [-0.15, -0.1) is 0 Å². The first-order valence-electron chi connectivity index (χ1n) is 6.73. The molecule has 112 valence electrons. The zero-order valence-electron chi connectivity index (χ0n) is 12.5. The van der Waals surface area contributed by atoms with Crippen LogP contribution in [-0.2, 0) is 4.74 Å². The van der Waals surface area contributed by atoms with Crippen LogP contribution in [0.2, 0.25) is 0 Å². The summed E-state index contributed by atoms with van der Waals surface area (Å²) in [6, 6.07) is 6.46. The molecule has 0 fully saturated rings. The fraction of sp³-hybridized carbons (Fsp3) is 0.533. The van der Waals surface area contributed by atoms with Crippen molar-refractivity contribution in [1.29, 1.82) is 0 Å². The summed E-state index contributed by atoms with van der Waals surface area (Å²) >= 11 is 0. The van der Waals surface area contributed by atoms with Gasteiger partial charge in [0.05, 0.1) is 0 Å². The molecule has 1 aromatic carbocycles. The molecule has 1 amide bonds. The lowest BCUT2D eigenvalue weighted by Crippen LogP contribution is -2.36. The van der Waals surface area contributed by atoms with Gasteiger partial charge in [-0.05, 0) is 45.4 Å². The van der Waals surface area contributed by atoms with Gasteiger partial charge in [-0.25, -0.2) is 9.18 Å². The lowest BCUT2D eigenvalue weighted by Gasteiger charge is -2.20. The summed E-state index contributed by atoms with van der Waals surface area (Å²) in [4.78, 5) is 11.4. The van der Waals surface area contributed by atoms with Crippen molar-refractivity contribution >= 4 is 6.09 Å². The van der Waals surface area contributed by atoms with Crippen LogP contribution in [0.15, 0.2) is 24.3 Å². The highest BCUT2D eigenvalue weighted by Crippen LogP contribution is 2.12. The summed E-state index contributed by atoms with van der Waals surface area (Å²) in [5, 5.41) is 5.92. The van der Waals surface area contributed by atoms with Crippen molar-refractivity contribution in [2.45, 2.75) is 39.3 Å². The van der Waals surface area contributed by atoms with E-state index in [1.807, 2.05) is 27.7 Å². The zero-order valence-corrected chi connectivity index (χ0v) is 12.5. The highest BCUT2D eigenvalue weighted by atomic mass is 19.1. The van der Waals surface area contributed by atoms with E-state index in [1.54, 1.807) is 12.1 Å². The molecule has 0 unspecified atom stereocenters. The summed E-state index contributed by atoms with van der Waals surface area (Å²) in [6.07, 6.45) is -0.422. The molecule has 0 heterocycles. The molecule has 2 N–H and O–H groups in total. The van der Waals surface area contributed by atoms with Gasteiger partial charge in [-0.1, -0.05) is 12.1 Å². The Kier molecular flexibility index (Phi) is 5.95. The SMILES string of the molecule is C[C@H](NCCNC(=O)OC(C)(C)C)c1ccc(F)cc1. The summed E-state index contributed by atoms with van der Waals surface area (Å²) < 4.78 is 17.9. The minimum Gasteiger partial charge on any atom is -0.444 e. The monoisotopic (exact) mass is 282 g/mol. The Morgan fingerprint density at radius 2 is 1.85 bits per heavy atom. The molecular weight excluding hydrogens is 259 g/mol. The van der Waals surface area contributed by atoms with E-state index < -0.39 is 11.7 Å². The number of carbonyl (C=O) groups is 1. The summed E-state index contributed by atoms with van der Waals surface area (Å²) in [5.74, 6) is -0.243. The van der Waals surface area contributed by atoms with Crippen LogP contribution in [0.5, 0.6) is 0 Å². The van der Waals surface area contributed by atoms with Crippen LogP contribution >= 0.6 is 0 Å². The van der Waals surface area contributed by atoms with Gasteiger partial charge in [0.2, 0.25) is 0 Å². The summed E-state index contributed by atoms with van der Waals surface area (Å²) in [5.41, 5.74) is 0.516. The summed E-state index contributed by atoms with van der Waals surface area (Å²) in [6.45, 7) is 8.53. The number of hydrogen-bond donors (Lipinski definition) is 2. The number of nitrogens with one attached hydrogen (secondary N) is 2. The molecule has 4 nitrogen and oxygen atoms in total. The van der Waals surface area contributed by atoms with E-state index in [0.717, 1.165) is 5.56 Å². The number of rotatable bonds is 5. The second-order valence-electron chi connectivity index (χ2n) is 5.66. The lowest BCUT2D eigenvalue weighted by molar-refractivity contribution is 0.0528. The predicted octanol–water partition coefficient (Wildman–Crippen LogP) is 3.00. The van der Waals surface area contributed by atoms with Crippen LogP contribution in [0, 0.1) is 5.82 Å². The highest BCUT2D eigenvalue weighted by molar-refractivity contribution is 5.67. The van der Waals surface area contributed by atoms with Gasteiger partial charge >= 0.3 is 6.09 Å². The Morgan fingerprint density at radius 3 is 2.40 bits per heavy atom. The fourth-order valence-electron chi connectivity index (χ4n) is 1.64. The number of amides is 1. The van der Waals surface area contributed by atoms with Crippen LogP contribution in [-0.4, -0.2) is 24.8 Å². The minimum atomic E-state index is -0.487. The molecule has 1 aromatic rings. The van der Waals surface area contributed by atoms with Crippen molar-refractivity contribution in [2.75, 3.05) is 13.1 Å². The predicted molar refractivity (Wildman–Crippen MR) is 77.1 cm³/mol. The number of ether oxygens (including phenoxy) is 1. The Labute approximate surface area is 119 Å². The van der Waals surface area contributed by atoms with E-state index in [1.165, 1.54) is 12.1 Å². The second kappa shape index (κ2) is 7.24. The Hall–Kier alpha value is -1.62. The molecule has 5 heteroatoms. The van der Waals surface area contributed by atoms with Gasteiger partial charge in [0.15, 0.2) is 0 Å². The first kappa shape index (κ1) is 16.4. The van der Waals surface area contributed by atoms with Gasteiger partial charge in [0.1, 0.15) is 11.4 Å². The van der Waals surface area contributed by atoms with Crippen LogP contribution in [0.25, 0.3) is 0 Å². The third-order valence-electron chi connectivity index (χ3n) is 2.61. The topological polar surface area (TPSA) is 50.4 Å². The fourth-order valence-corrected chi connectivity index (χ4v) is 1.64. The maximum atomic E-state index is 12.8. The van der Waals surface area contributed by atoms with E-state index >= 15 is 0 Å². The van der Waals surface area contributed by atoms with Gasteiger partial charge < -0.3 is 15.4 Å². The Balaban J connectivity index is 2.24. The Bertz CT molecular complexity index is 426. The van der Waals surface area contributed by atoms with E-state index in [2.05, 4.69) is 10.6 Å². The molecule has 0 saturated heterocycles. The van der Waals surface area contributed by atoms with Crippen LogP contribution < -0.4 is 10.6 Å². The largest absolute Gasteiger partial charge is 0.444 e. The molecular formula is C15H23FN2O2. The molecule has 0 saturated carbocycles. The van der Waals surface area contributed by atoms with Crippen LogP contribution in [0.4, 0.5) is 9.18 Å². The molecule has 0 aliphatic carbocycles. The van der Waals surface area contributed by atoms with Crippen LogP contribution in [0.1, 0.15) is 39.3 Å². The molecule has 1 rings (SSSR count). The highest BCUT2D eigenvalue weighted by Gasteiger charge is 2.15. The number of carbonyl (C=O) groups excluding carboxylic acids is 1. The van der Waals surface area contributed by atoms with Crippen molar-refractivity contribution in [2.24, 2.45) is 0 Å². The first-order chi connectivity index (χ1) is 9.28. The third kappa shape index (κ3) is 6.52. The average molecular weight is 282 g/mol. The second-order valence-corrected chi connectivity index (χ2v) is 5.66. The van der Waals surface area contributed by atoms with E-state index in [0.29, 0.717) is 13.1 Å². The molecule has 0 aliphatic heterocycles.